The van der Waals surface area contributed by atoms with E-state index in [-0.39, 0.29) is 11.9 Å². The standard InChI is InChI=1S/C14H16FNO/c1-2-9-16-14(13-4-3-10-17-13)11-5-7-12(15)8-6-11/h3-8,10,14,16H,2,9H2,1H3. The molecule has 1 unspecified atom stereocenters. The molecule has 0 bridgehead atoms. The van der Waals surface area contributed by atoms with Crippen LogP contribution >= 0.6 is 0 Å². The molecule has 1 atom stereocenters. The molecule has 0 amide bonds. The zero-order valence-corrected chi connectivity index (χ0v) is 9.82. The van der Waals surface area contributed by atoms with Gasteiger partial charge in [-0.05, 0) is 42.8 Å². The maximum atomic E-state index is 12.9. The first-order chi connectivity index (χ1) is 8.31. The summed E-state index contributed by atoms with van der Waals surface area (Å²) >= 11 is 0. The zero-order valence-electron chi connectivity index (χ0n) is 9.82. The molecule has 0 saturated heterocycles. The average Bonchev–Trinajstić information content (AvgIpc) is 2.85. The van der Waals surface area contributed by atoms with Gasteiger partial charge in [-0.3, -0.25) is 0 Å². The molecule has 1 aromatic carbocycles. The van der Waals surface area contributed by atoms with Crippen molar-refractivity contribution in [1.29, 1.82) is 0 Å². The van der Waals surface area contributed by atoms with E-state index in [1.165, 1.54) is 12.1 Å². The fourth-order valence-corrected chi connectivity index (χ4v) is 1.78. The lowest BCUT2D eigenvalue weighted by atomic mass is 10.0. The van der Waals surface area contributed by atoms with Crippen LogP contribution in [-0.2, 0) is 0 Å². The molecule has 0 aliphatic rings. The molecule has 0 spiro atoms. The monoisotopic (exact) mass is 233 g/mol. The molecule has 2 rings (SSSR count). The molecule has 2 nitrogen and oxygen atoms in total. The fraction of sp³-hybridized carbons (Fsp3) is 0.286. The first-order valence-corrected chi connectivity index (χ1v) is 5.83. The van der Waals surface area contributed by atoms with E-state index in [0.29, 0.717) is 0 Å². The summed E-state index contributed by atoms with van der Waals surface area (Å²) in [7, 11) is 0. The summed E-state index contributed by atoms with van der Waals surface area (Å²) in [4.78, 5) is 0. The van der Waals surface area contributed by atoms with Gasteiger partial charge in [-0.1, -0.05) is 19.1 Å². The predicted octanol–water partition coefficient (Wildman–Crippen LogP) is 3.51. The van der Waals surface area contributed by atoms with E-state index < -0.39 is 0 Å². The molecular formula is C14H16FNO. The average molecular weight is 233 g/mol. The molecule has 0 saturated carbocycles. The van der Waals surface area contributed by atoms with Gasteiger partial charge >= 0.3 is 0 Å². The Kier molecular flexibility index (Phi) is 3.94. The molecule has 90 valence electrons. The molecule has 0 aliphatic carbocycles. The van der Waals surface area contributed by atoms with Crippen LogP contribution in [0.4, 0.5) is 4.39 Å². The van der Waals surface area contributed by atoms with Gasteiger partial charge in [0.05, 0.1) is 12.3 Å². The first-order valence-electron chi connectivity index (χ1n) is 5.83. The quantitative estimate of drug-likeness (QED) is 0.855. The highest BCUT2D eigenvalue weighted by Gasteiger charge is 2.15. The summed E-state index contributed by atoms with van der Waals surface area (Å²) in [6, 6.07) is 10.3. The van der Waals surface area contributed by atoms with Crippen LogP contribution in [0.5, 0.6) is 0 Å². The second-order valence-corrected chi connectivity index (χ2v) is 3.95. The van der Waals surface area contributed by atoms with Crippen LogP contribution in [-0.4, -0.2) is 6.54 Å². The Hall–Kier alpha value is -1.61. The summed E-state index contributed by atoms with van der Waals surface area (Å²) in [6.07, 6.45) is 2.69. The Morgan fingerprint density at radius 3 is 2.59 bits per heavy atom. The number of furan rings is 1. The van der Waals surface area contributed by atoms with Gasteiger partial charge in [0, 0.05) is 0 Å². The third-order valence-electron chi connectivity index (χ3n) is 2.63. The van der Waals surface area contributed by atoms with E-state index in [4.69, 9.17) is 4.42 Å². The lowest BCUT2D eigenvalue weighted by Gasteiger charge is -2.16. The Balaban J connectivity index is 2.23. The van der Waals surface area contributed by atoms with Crippen molar-refractivity contribution in [3.8, 4) is 0 Å². The Morgan fingerprint density at radius 1 is 1.24 bits per heavy atom. The van der Waals surface area contributed by atoms with Crippen LogP contribution in [0.2, 0.25) is 0 Å². The van der Waals surface area contributed by atoms with E-state index in [1.54, 1.807) is 18.4 Å². The molecule has 17 heavy (non-hydrogen) atoms. The third kappa shape index (κ3) is 2.94. The Labute approximate surface area is 100 Å². The van der Waals surface area contributed by atoms with Crippen LogP contribution in [0, 0.1) is 5.82 Å². The summed E-state index contributed by atoms with van der Waals surface area (Å²) in [5, 5.41) is 3.39. The molecule has 3 heteroatoms. The van der Waals surface area contributed by atoms with Crippen molar-refractivity contribution in [3.05, 3.63) is 59.8 Å². The van der Waals surface area contributed by atoms with Crippen LogP contribution in [0.25, 0.3) is 0 Å². The predicted molar refractivity (Wildman–Crippen MR) is 65.2 cm³/mol. The summed E-state index contributed by atoms with van der Waals surface area (Å²) in [5.74, 6) is 0.632. The van der Waals surface area contributed by atoms with E-state index in [0.717, 1.165) is 24.3 Å². The molecule has 0 aliphatic heterocycles. The van der Waals surface area contributed by atoms with Crippen LogP contribution in [0.3, 0.4) is 0 Å². The largest absolute Gasteiger partial charge is 0.467 e. The number of nitrogens with one attached hydrogen (secondary N) is 1. The van der Waals surface area contributed by atoms with Crippen molar-refractivity contribution in [3.63, 3.8) is 0 Å². The van der Waals surface area contributed by atoms with Crippen LogP contribution < -0.4 is 5.32 Å². The van der Waals surface area contributed by atoms with Gasteiger partial charge in [0.15, 0.2) is 0 Å². The second kappa shape index (κ2) is 5.64. The van der Waals surface area contributed by atoms with Gasteiger partial charge in [-0.15, -0.1) is 0 Å². The Morgan fingerprint density at radius 2 is 2.00 bits per heavy atom. The summed E-state index contributed by atoms with van der Waals surface area (Å²) in [5.41, 5.74) is 1.01. The molecule has 1 N–H and O–H groups in total. The minimum atomic E-state index is -0.220. The van der Waals surface area contributed by atoms with Crippen molar-refractivity contribution in [2.24, 2.45) is 0 Å². The first kappa shape index (κ1) is 11.9. The normalized spacial score (nSPS) is 12.6. The highest BCUT2D eigenvalue weighted by Crippen LogP contribution is 2.22. The highest BCUT2D eigenvalue weighted by atomic mass is 19.1. The third-order valence-corrected chi connectivity index (χ3v) is 2.63. The van der Waals surface area contributed by atoms with Crippen LogP contribution in [0.15, 0.2) is 47.1 Å². The van der Waals surface area contributed by atoms with Crippen molar-refractivity contribution in [2.75, 3.05) is 6.54 Å². The Bertz CT molecular complexity index is 436. The van der Waals surface area contributed by atoms with Crippen molar-refractivity contribution < 1.29 is 8.81 Å². The van der Waals surface area contributed by atoms with Crippen molar-refractivity contribution in [2.45, 2.75) is 19.4 Å². The molecule has 2 aromatic rings. The van der Waals surface area contributed by atoms with Gasteiger partial charge in [-0.25, -0.2) is 4.39 Å². The topological polar surface area (TPSA) is 25.2 Å². The van der Waals surface area contributed by atoms with E-state index >= 15 is 0 Å². The number of benzene rings is 1. The fourth-order valence-electron chi connectivity index (χ4n) is 1.78. The van der Waals surface area contributed by atoms with E-state index in [1.807, 2.05) is 12.1 Å². The second-order valence-electron chi connectivity index (χ2n) is 3.95. The van der Waals surface area contributed by atoms with E-state index in [9.17, 15) is 4.39 Å². The molecule has 1 heterocycles. The SMILES string of the molecule is CCCNC(c1ccc(F)cc1)c1ccco1. The number of hydrogen-bond donors (Lipinski definition) is 1. The molecule has 1 aromatic heterocycles. The van der Waals surface area contributed by atoms with Gasteiger partial charge in [-0.2, -0.15) is 0 Å². The molecular weight excluding hydrogens is 217 g/mol. The maximum absolute atomic E-state index is 12.9. The summed E-state index contributed by atoms with van der Waals surface area (Å²) in [6.45, 7) is 3.00. The lowest BCUT2D eigenvalue weighted by molar-refractivity contribution is 0.446. The number of hydrogen-bond acceptors (Lipinski definition) is 2. The van der Waals surface area contributed by atoms with Crippen molar-refractivity contribution >= 4 is 0 Å². The summed E-state index contributed by atoms with van der Waals surface area (Å²) < 4.78 is 18.3. The minimum Gasteiger partial charge on any atom is -0.467 e. The highest BCUT2D eigenvalue weighted by molar-refractivity contribution is 5.26. The number of halogens is 1. The smallest absolute Gasteiger partial charge is 0.125 e. The van der Waals surface area contributed by atoms with Gasteiger partial charge < -0.3 is 9.73 Å². The lowest BCUT2D eigenvalue weighted by Crippen LogP contribution is -2.22. The van der Waals surface area contributed by atoms with Gasteiger partial charge in [0.1, 0.15) is 11.6 Å². The minimum absolute atomic E-state index is 0.00875. The molecule has 0 radical (unpaired) electrons. The van der Waals surface area contributed by atoms with Gasteiger partial charge in [0.25, 0.3) is 0 Å². The van der Waals surface area contributed by atoms with E-state index in [2.05, 4.69) is 12.2 Å². The zero-order chi connectivity index (χ0) is 12.1. The van der Waals surface area contributed by atoms with Crippen molar-refractivity contribution in [1.82, 2.24) is 5.32 Å². The maximum Gasteiger partial charge on any atom is 0.125 e. The van der Waals surface area contributed by atoms with Gasteiger partial charge in [0.2, 0.25) is 0 Å². The number of rotatable bonds is 5. The molecule has 0 fully saturated rings. The van der Waals surface area contributed by atoms with Crippen LogP contribution in [0.1, 0.15) is 30.7 Å².